The third-order valence-electron chi connectivity index (χ3n) is 3.85. The standard InChI is InChI=1S/C19H13FN2O/c20-15-4-6-16(7-5-15)22-12-21-18-11-14(3-10-19(18)22)13-1-8-17(23)9-2-13/h1-12,23H. The summed E-state index contributed by atoms with van der Waals surface area (Å²) in [5, 5.41) is 9.38. The molecule has 0 bridgehead atoms. The lowest BCUT2D eigenvalue weighted by atomic mass is 10.1. The van der Waals surface area contributed by atoms with E-state index < -0.39 is 0 Å². The van der Waals surface area contributed by atoms with E-state index in [9.17, 15) is 9.50 Å². The minimum Gasteiger partial charge on any atom is -0.508 e. The van der Waals surface area contributed by atoms with Crippen molar-refractivity contribution >= 4 is 11.0 Å². The number of aromatic nitrogens is 2. The molecule has 0 unspecified atom stereocenters. The van der Waals surface area contributed by atoms with Crippen molar-refractivity contribution < 1.29 is 9.50 Å². The Labute approximate surface area is 132 Å². The average Bonchev–Trinajstić information content (AvgIpc) is 2.99. The normalized spacial score (nSPS) is 11.0. The van der Waals surface area contributed by atoms with Gasteiger partial charge in [0.2, 0.25) is 0 Å². The zero-order valence-corrected chi connectivity index (χ0v) is 12.1. The zero-order valence-electron chi connectivity index (χ0n) is 12.1. The topological polar surface area (TPSA) is 38.1 Å². The van der Waals surface area contributed by atoms with E-state index in [0.29, 0.717) is 0 Å². The molecule has 3 aromatic carbocycles. The summed E-state index contributed by atoms with van der Waals surface area (Å²) >= 11 is 0. The maximum atomic E-state index is 13.1. The van der Waals surface area contributed by atoms with Crippen LogP contribution in [-0.4, -0.2) is 14.7 Å². The monoisotopic (exact) mass is 304 g/mol. The summed E-state index contributed by atoms with van der Waals surface area (Å²) in [7, 11) is 0. The molecular weight excluding hydrogens is 291 g/mol. The average molecular weight is 304 g/mol. The number of fused-ring (bicyclic) bond motifs is 1. The Kier molecular flexibility index (Phi) is 3.08. The summed E-state index contributed by atoms with van der Waals surface area (Å²) in [6.45, 7) is 0. The van der Waals surface area contributed by atoms with Crippen LogP contribution in [0.25, 0.3) is 27.8 Å². The van der Waals surface area contributed by atoms with Crippen LogP contribution in [-0.2, 0) is 0 Å². The molecule has 0 atom stereocenters. The van der Waals surface area contributed by atoms with Crippen LogP contribution in [0.4, 0.5) is 4.39 Å². The van der Waals surface area contributed by atoms with Gasteiger partial charge in [-0.25, -0.2) is 9.37 Å². The molecule has 4 aromatic rings. The minimum absolute atomic E-state index is 0.246. The third kappa shape index (κ3) is 2.44. The molecule has 1 heterocycles. The molecule has 4 heteroatoms. The van der Waals surface area contributed by atoms with E-state index in [1.807, 2.05) is 34.9 Å². The SMILES string of the molecule is Oc1ccc(-c2ccc3c(c2)ncn3-c2ccc(F)cc2)cc1. The summed E-state index contributed by atoms with van der Waals surface area (Å²) < 4.78 is 15.0. The highest BCUT2D eigenvalue weighted by molar-refractivity contribution is 5.83. The Morgan fingerprint density at radius 1 is 0.826 bits per heavy atom. The smallest absolute Gasteiger partial charge is 0.123 e. The van der Waals surface area contributed by atoms with Crippen LogP contribution in [0, 0.1) is 5.82 Å². The maximum Gasteiger partial charge on any atom is 0.123 e. The van der Waals surface area contributed by atoms with E-state index in [1.54, 1.807) is 30.6 Å². The van der Waals surface area contributed by atoms with Gasteiger partial charge in [0.15, 0.2) is 0 Å². The molecule has 0 fully saturated rings. The van der Waals surface area contributed by atoms with Crippen molar-refractivity contribution in [1.29, 1.82) is 0 Å². The van der Waals surface area contributed by atoms with Crippen LogP contribution in [0.3, 0.4) is 0 Å². The van der Waals surface area contributed by atoms with Crippen molar-refractivity contribution in [2.45, 2.75) is 0 Å². The van der Waals surface area contributed by atoms with Gasteiger partial charge in [-0.15, -0.1) is 0 Å². The van der Waals surface area contributed by atoms with Crippen LogP contribution < -0.4 is 0 Å². The van der Waals surface area contributed by atoms with E-state index in [1.165, 1.54) is 12.1 Å². The van der Waals surface area contributed by atoms with Crippen molar-refractivity contribution in [2.75, 3.05) is 0 Å². The van der Waals surface area contributed by atoms with Crippen molar-refractivity contribution in [1.82, 2.24) is 9.55 Å². The van der Waals surface area contributed by atoms with Crippen LogP contribution in [0.2, 0.25) is 0 Å². The minimum atomic E-state index is -0.257. The Bertz CT molecular complexity index is 973. The Balaban J connectivity index is 1.79. The van der Waals surface area contributed by atoms with Gasteiger partial charge in [-0.3, -0.25) is 4.57 Å². The summed E-state index contributed by atoms with van der Waals surface area (Å²) in [5.41, 5.74) is 4.73. The first-order valence-corrected chi connectivity index (χ1v) is 7.23. The number of rotatable bonds is 2. The molecule has 112 valence electrons. The molecule has 4 rings (SSSR count). The first-order valence-electron chi connectivity index (χ1n) is 7.23. The molecular formula is C19H13FN2O. The highest BCUT2D eigenvalue weighted by atomic mass is 19.1. The van der Waals surface area contributed by atoms with Gasteiger partial charge in [-0.2, -0.15) is 0 Å². The molecule has 0 saturated heterocycles. The maximum absolute atomic E-state index is 13.1. The van der Waals surface area contributed by atoms with Gasteiger partial charge in [-0.05, 0) is 59.7 Å². The van der Waals surface area contributed by atoms with E-state index in [-0.39, 0.29) is 11.6 Å². The number of aromatic hydroxyl groups is 1. The van der Waals surface area contributed by atoms with Crippen molar-refractivity contribution in [3.8, 4) is 22.6 Å². The van der Waals surface area contributed by atoms with Crippen LogP contribution in [0.1, 0.15) is 0 Å². The largest absolute Gasteiger partial charge is 0.508 e. The number of imidazole rings is 1. The summed E-state index contributed by atoms with van der Waals surface area (Å²) in [4.78, 5) is 4.44. The quantitative estimate of drug-likeness (QED) is 0.590. The Morgan fingerprint density at radius 2 is 1.52 bits per heavy atom. The molecule has 1 aromatic heterocycles. The predicted molar refractivity (Wildman–Crippen MR) is 88.1 cm³/mol. The highest BCUT2D eigenvalue weighted by Crippen LogP contribution is 2.26. The van der Waals surface area contributed by atoms with E-state index >= 15 is 0 Å². The molecule has 0 aliphatic rings. The second kappa shape index (κ2) is 5.25. The fourth-order valence-electron chi connectivity index (χ4n) is 2.65. The van der Waals surface area contributed by atoms with Gasteiger partial charge < -0.3 is 5.11 Å². The predicted octanol–water partition coefficient (Wildman–Crippen LogP) is 4.54. The van der Waals surface area contributed by atoms with E-state index in [0.717, 1.165) is 27.8 Å². The van der Waals surface area contributed by atoms with Gasteiger partial charge in [0.25, 0.3) is 0 Å². The fraction of sp³-hybridized carbons (Fsp3) is 0. The summed E-state index contributed by atoms with van der Waals surface area (Å²) in [6.07, 6.45) is 1.73. The second-order valence-corrected chi connectivity index (χ2v) is 5.34. The Hall–Kier alpha value is -3.14. The number of phenolic OH excluding ortho intramolecular Hbond substituents is 1. The van der Waals surface area contributed by atoms with Crippen molar-refractivity contribution in [3.05, 3.63) is 78.9 Å². The van der Waals surface area contributed by atoms with Gasteiger partial charge in [0.05, 0.1) is 11.0 Å². The molecule has 0 radical (unpaired) electrons. The molecule has 0 spiro atoms. The molecule has 1 N–H and O–H groups in total. The first kappa shape index (κ1) is 13.5. The Morgan fingerprint density at radius 3 is 2.26 bits per heavy atom. The lowest BCUT2D eigenvalue weighted by molar-refractivity contribution is 0.475. The highest BCUT2D eigenvalue weighted by Gasteiger charge is 2.07. The van der Waals surface area contributed by atoms with Gasteiger partial charge >= 0.3 is 0 Å². The van der Waals surface area contributed by atoms with Crippen molar-refractivity contribution in [3.63, 3.8) is 0 Å². The number of halogens is 1. The number of phenols is 1. The molecule has 3 nitrogen and oxygen atoms in total. The van der Waals surface area contributed by atoms with Crippen molar-refractivity contribution in [2.24, 2.45) is 0 Å². The zero-order chi connectivity index (χ0) is 15.8. The van der Waals surface area contributed by atoms with Gasteiger partial charge in [-0.1, -0.05) is 18.2 Å². The van der Waals surface area contributed by atoms with E-state index in [4.69, 9.17) is 0 Å². The van der Waals surface area contributed by atoms with Crippen LogP contribution >= 0.6 is 0 Å². The molecule has 23 heavy (non-hydrogen) atoms. The number of nitrogens with zero attached hydrogens (tertiary/aromatic N) is 2. The summed E-state index contributed by atoms with van der Waals surface area (Å²) in [5.74, 6) is -0.0109. The molecule has 0 aliphatic heterocycles. The summed E-state index contributed by atoms with van der Waals surface area (Å²) in [6, 6.07) is 19.4. The molecule has 0 amide bonds. The van der Waals surface area contributed by atoms with Crippen LogP contribution in [0.15, 0.2) is 73.1 Å². The van der Waals surface area contributed by atoms with Gasteiger partial charge in [0.1, 0.15) is 17.9 Å². The third-order valence-corrected chi connectivity index (χ3v) is 3.85. The number of hydrogen-bond acceptors (Lipinski definition) is 2. The van der Waals surface area contributed by atoms with Gasteiger partial charge in [0, 0.05) is 5.69 Å². The lowest BCUT2D eigenvalue weighted by Crippen LogP contribution is -1.91. The van der Waals surface area contributed by atoms with Crippen LogP contribution in [0.5, 0.6) is 5.75 Å². The van der Waals surface area contributed by atoms with E-state index in [2.05, 4.69) is 4.98 Å². The molecule has 0 aliphatic carbocycles. The number of hydrogen-bond donors (Lipinski definition) is 1. The number of benzene rings is 3. The molecule has 0 saturated carbocycles. The second-order valence-electron chi connectivity index (χ2n) is 5.34. The lowest BCUT2D eigenvalue weighted by Gasteiger charge is -2.05. The first-order chi connectivity index (χ1) is 11.2. The fourth-order valence-corrected chi connectivity index (χ4v) is 2.65.